The fourth-order valence-electron chi connectivity index (χ4n) is 1.56. The molecule has 0 aliphatic rings. The van der Waals surface area contributed by atoms with Crippen LogP contribution in [0, 0.1) is 0 Å². The van der Waals surface area contributed by atoms with Crippen LogP contribution < -0.4 is 10.2 Å². The molecule has 1 aromatic carbocycles. The van der Waals surface area contributed by atoms with Crippen LogP contribution >= 0.6 is 0 Å². The molecule has 1 heterocycles. The van der Waals surface area contributed by atoms with Crippen molar-refractivity contribution in [3.8, 4) is 0 Å². The van der Waals surface area contributed by atoms with Gasteiger partial charge in [0.25, 0.3) is 0 Å². The Hall–Kier alpha value is -2.04. The van der Waals surface area contributed by atoms with Gasteiger partial charge in [-0.3, -0.25) is 4.68 Å². The Morgan fingerprint density at radius 2 is 2.18 bits per heavy atom. The van der Waals surface area contributed by atoms with Gasteiger partial charge in [0.15, 0.2) is 0 Å². The number of nitrogens with one attached hydrogen (secondary N) is 1. The van der Waals surface area contributed by atoms with Gasteiger partial charge >= 0.3 is 0 Å². The Labute approximate surface area is 101 Å². The van der Waals surface area contributed by atoms with E-state index in [0.29, 0.717) is 0 Å². The molecule has 0 bridgehead atoms. The number of rotatable bonds is 4. The molecule has 0 saturated heterocycles. The lowest BCUT2D eigenvalue weighted by Gasteiger charge is -2.14. The van der Waals surface area contributed by atoms with Crippen LogP contribution in [0.25, 0.3) is 0 Å². The van der Waals surface area contributed by atoms with Crippen LogP contribution in [0.4, 0.5) is 11.4 Å². The number of nitrogens with zero attached hydrogens (tertiary/aromatic N) is 4. The first kappa shape index (κ1) is 11.4. The Morgan fingerprint density at radius 1 is 1.35 bits per heavy atom. The fraction of sp³-hybridized carbons (Fsp3) is 0.333. The van der Waals surface area contributed by atoms with Crippen molar-refractivity contribution in [3.63, 3.8) is 0 Å². The van der Waals surface area contributed by atoms with Crippen molar-refractivity contribution >= 4 is 11.4 Å². The predicted octanol–water partition coefficient (Wildman–Crippen LogP) is 1.49. The van der Waals surface area contributed by atoms with Crippen LogP contribution in [-0.2, 0) is 13.6 Å². The molecular formula is C12H17N5. The molecule has 0 unspecified atom stereocenters. The largest absolute Gasteiger partial charge is 0.379 e. The Balaban J connectivity index is 2.04. The molecule has 5 nitrogen and oxygen atoms in total. The maximum atomic E-state index is 3.89. The zero-order chi connectivity index (χ0) is 12.3. The molecular weight excluding hydrogens is 214 g/mol. The average Bonchev–Trinajstić information content (AvgIpc) is 2.72. The van der Waals surface area contributed by atoms with Crippen molar-refractivity contribution in [2.75, 3.05) is 24.3 Å². The van der Waals surface area contributed by atoms with E-state index in [2.05, 4.69) is 38.7 Å². The lowest BCUT2D eigenvalue weighted by atomic mass is 10.2. The minimum atomic E-state index is 0.723. The van der Waals surface area contributed by atoms with E-state index in [1.165, 1.54) is 5.69 Å². The quantitative estimate of drug-likeness (QED) is 0.866. The van der Waals surface area contributed by atoms with Crippen molar-refractivity contribution in [2.24, 2.45) is 7.05 Å². The molecule has 0 amide bonds. The zero-order valence-electron chi connectivity index (χ0n) is 10.4. The molecule has 2 rings (SSSR count). The Bertz CT molecular complexity index is 489. The average molecular weight is 231 g/mol. The summed E-state index contributed by atoms with van der Waals surface area (Å²) >= 11 is 0. The second kappa shape index (κ2) is 4.86. The van der Waals surface area contributed by atoms with E-state index in [1.807, 2.05) is 27.2 Å². The Morgan fingerprint density at radius 3 is 2.82 bits per heavy atom. The highest BCUT2D eigenvalue weighted by atomic mass is 15.4. The van der Waals surface area contributed by atoms with Crippen LogP contribution in [0.2, 0.25) is 0 Å². The van der Waals surface area contributed by atoms with Crippen LogP contribution in [0.15, 0.2) is 30.5 Å². The van der Waals surface area contributed by atoms with E-state index in [1.54, 1.807) is 10.9 Å². The summed E-state index contributed by atoms with van der Waals surface area (Å²) in [6.45, 7) is 0.723. The third-order valence-electron chi connectivity index (χ3n) is 2.64. The monoisotopic (exact) mass is 231 g/mol. The highest BCUT2D eigenvalue weighted by Gasteiger charge is 2.01. The van der Waals surface area contributed by atoms with Crippen molar-refractivity contribution < 1.29 is 0 Å². The standard InChI is InChI=1S/C12H17N5/c1-16(2)11-6-4-5-10(7-11)13-8-12-9-14-15-17(12)3/h4-7,9,13H,8H2,1-3H3. The number of aryl methyl sites for hydroxylation is 1. The third-order valence-corrected chi connectivity index (χ3v) is 2.64. The van der Waals surface area contributed by atoms with Crippen LogP contribution in [-0.4, -0.2) is 29.1 Å². The first-order valence-corrected chi connectivity index (χ1v) is 5.51. The van der Waals surface area contributed by atoms with Gasteiger partial charge < -0.3 is 10.2 Å². The highest BCUT2D eigenvalue weighted by molar-refractivity contribution is 5.57. The van der Waals surface area contributed by atoms with Gasteiger partial charge in [-0.2, -0.15) is 0 Å². The zero-order valence-corrected chi connectivity index (χ0v) is 10.4. The molecule has 0 aliphatic heterocycles. The van der Waals surface area contributed by atoms with Gasteiger partial charge in [0, 0.05) is 32.5 Å². The van der Waals surface area contributed by atoms with Crippen molar-refractivity contribution in [1.29, 1.82) is 0 Å². The van der Waals surface area contributed by atoms with Gasteiger partial charge in [0.05, 0.1) is 18.4 Å². The Kier molecular flexibility index (Phi) is 3.27. The number of benzene rings is 1. The minimum absolute atomic E-state index is 0.723. The molecule has 0 fully saturated rings. The summed E-state index contributed by atoms with van der Waals surface area (Å²) in [4.78, 5) is 2.08. The van der Waals surface area contributed by atoms with Crippen LogP contribution in [0.1, 0.15) is 5.69 Å². The smallest absolute Gasteiger partial charge is 0.0774 e. The van der Waals surface area contributed by atoms with Gasteiger partial charge in [0.1, 0.15) is 0 Å². The molecule has 5 heteroatoms. The maximum absolute atomic E-state index is 3.89. The van der Waals surface area contributed by atoms with Crippen molar-refractivity contribution in [1.82, 2.24) is 15.0 Å². The van der Waals surface area contributed by atoms with E-state index in [9.17, 15) is 0 Å². The molecule has 0 radical (unpaired) electrons. The topological polar surface area (TPSA) is 46.0 Å². The molecule has 17 heavy (non-hydrogen) atoms. The van der Waals surface area contributed by atoms with E-state index < -0.39 is 0 Å². The number of hydrogen-bond acceptors (Lipinski definition) is 4. The van der Waals surface area contributed by atoms with Gasteiger partial charge in [-0.15, -0.1) is 5.10 Å². The fourth-order valence-corrected chi connectivity index (χ4v) is 1.56. The van der Waals surface area contributed by atoms with Crippen LogP contribution in [0.5, 0.6) is 0 Å². The van der Waals surface area contributed by atoms with Crippen molar-refractivity contribution in [2.45, 2.75) is 6.54 Å². The van der Waals surface area contributed by atoms with Crippen LogP contribution in [0.3, 0.4) is 0 Å². The first-order chi connectivity index (χ1) is 8.16. The summed E-state index contributed by atoms with van der Waals surface area (Å²) in [7, 11) is 5.95. The minimum Gasteiger partial charge on any atom is -0.379 e. The normalized spacial score (nSPS) is 10.3. The first-order valence-electron chi connectivity index (χ1n) is 5.51. The molecule has 0 spiro atoms. The van der Waals surface area contributed by atoms with Gasteiger partial charge in [-0.1, -0.05) is 11.3 Å². The molecule has 1 aromatic heterocycles. The van der Waals surface area contributed by atoms with E-state index in [-0.39, 0.29) is 0 Å². The van der Waals surface area contributed by atoms with Crippen molar-refractivity contribution in [3.05, 3.63) is 36.2 Å². The summed E-state index contributed by atoms with van der Waals surface area (Å²) in [6, 6.07) is 8.29. The molecule has 0 saturated carbocycles. The van der Waals surface area contributed by atoms with E-state index in [4.69, 9.17) is 0 Å². The summed E-state index contributed by atoms with van der Waals surface area (Å²) in [5.41, 5.74) is 3.33. The van der Waals surface area contributed by atoms with Gasteiger partial charge in [-0.05, 0) is 18.2 Å². The second-order valence-electron chi connectivity index (χ2n) is 4.15. The lowest BCUT2D eigenvalue weighted by molar-refractivity contribution is 0.683. The number of anilines is 2. The molecule has 1 N–H and O–H groups in total. The molecule has 90 valence electrons. The highest BCUT2D eigenvalue weighted by Crippen LogP contribution is 2.17. The summed E-state index contributed by atoms with van der Waals surface area (Å²) in [5, 5.41) is 11.1. The predicted molar refractivity (Wildman–Crippen MR) is 69.1 cm³/mol. The van der Waals surface area contributed by atoms with E-state index >= 15 is 0 Å². The lowest BCUT2D eigenvalue weighted by Crippen LogP contribution is -2.09. The molecule has 0 atom stereocenters. The number of aromatic nitrogens is 3. The third kappa shape index (κ3) is 2.75. The maximum Gasteiger partial charge on any atom is 0.0774 e. The SMILES string of the molecule is CN(C)c1cccc(NCc2cnnn2C)c1. The summed E-state index contributed by atoms with van der Waals surface area (Å²) in [6.07, 6.45) is 1.77. The van der Waals surface area contributed by atoms with Gasteiger partial charge in [-0.25, -0.2) is 0 Å². The van der Waals surface area contributed by atoms with Gasteiger partial charge in [0.2, 0.25) is 0 Å². The summed E-state index contributed by atoms with van der Waals surface area (Å²) < 4.78 is 1.77. The van der Waals surface area contributed by atoms with E-state index in [0.717, 1.165) is 17.9 Å². The molecule has 2 aromatic rings. The molecule has 0 aliphatic carbocycles. The second-order valence-corrected chi connectivity index (χ2v) is 4.15. The number of hydrogen-bond donors (Lipinski definition) is 1. The summed E-state index contributed by atoms with van der Waals surface area (Å²) in [5.74, 6) is 0.